The minimum atomic E-state index is -0.300. The fourth-order valence-corrected chi connectivity index (χ4v) is 4.15. The van der Waals surface area contributed by atoms with E-state index < -0.39 is 0 Å². The summed E-state index contributed by atoms with van der Waals surface area (Å²) in [6.07, 6.45) is 2.37. The van der Waals surface area contributed by atoms with E-state index in [-0.39, 0.29) is 6.67 Å². The highest BCUT2D eigenvalue weighted by Gasteiger charge is 2.21. The Morgan fingerprint density at radius 3 is 2.59 bits per heavy atom. The van der Waals surface area contributed by atoms with Gasteiger partial charge in [0, 0.05) is 18.7 Å². The maximum absolute atomic E-state index is 12.9. The zero-order chi connectivity index (χ0) is 21.0. The van der Waals surface area contributed by atoms with Crippen LogP contribution in [0.4, 0.5) is 10.1 Å². The third kappa shape index (κ3) is 4.09. The van der Waals surface area contributed by atoms with Gasteiger partial charge in [-0.2, -0.15) is 5.10 Å². The van der Waals surface area contributed by atoms with Gasteiger partial charge in [0.25, 0.3) is 0 Å². The molecule has 29 heavy (non-hydrogen) atoms. The molecule has 0 aliphatic rings. The number of methoxy groups -OCH3 is 1. The summed E-state index contributed by atoms with van der Waals surface area (Å²) in [5.74, 6) is 0.855. The molecule has 0 atom stereocenters. The Hall–Kier alpha value is -2.56. The molecule has 5 heteroatoms. The predicted molar refractivity (Wildman–Crippen MR) is 119 cm³/mol. The van der Waals surface area contributed by atoms with Gasteiger partial charge in [0.15, 0.2) is 0 Å². The summed E-state index contributed by atoms with van der Waals surface area (Å²) in [5.41, 5.74) is 7.65. The Bertz CT molecular complexity index is 980. The summed E-state index contributed by atoms with van der Waals surface area (Å²) in [5, 5.41) is 4.98. The number of pyridine rings is 1. The van der Waals surface area contributed by atoms with Crippen molar-refractivity contribution in [1.29, 1.82) is 0 Å². The van der Waals surface area contributed by atoms with E-state index in [1.807, 2.05) is 4.52 Å². The fraction of sp³-hybridized carbons (Fsp3) is 0.458. The van der Waals surface area contributed by atoms with Crippen LogP contribution in [0.25, 0.3) is 16.8 Å². The molecule has 0 unspecified atom stereocenters. The number of aryl methyl sites for hydroxylation is 3. The Balaban J connectivity index is 2.25. The summed E-state index contributed by atoms with van der Waals surface area (Å²) < 4.78 is 20.7. The highest BCUT2D eigenvalue weighted by atomic mass is 19.1. The molecule has 0 radical (unpaired) electrons. The topological polar surface area (TPSA) is 29.8 Å². The van der Waals surface area contributed by atoms with Crippen molar-refractivity contribution in [2.24, 2.45) is 0 Å². The van der Waals surface area contributed by atoms with E-state index in [1.54, 1.807) is 7.11 Å². The number of halogens is 1. The molecule has 2 aromatic heterocycles. The molecule has 156 valence electrons. The Kier molecular flexibility index (Phi) is 6.78. The molecular weight excluding hydrogens is 365 g/mol. The van der Waals surface area contributed by atoms with Crippen molar-refractivity contribution in [2.75, 3.05) is 31.8 Å². The molecule has 3 aromatic rings. The Morgan fingerprint density at radius 2 is 1.93 bits per heavy atom. The number of anilines is 1. The van der Waals surface area contributed by atoms with Gasteiger partial charge < -0.3 is 9.64 Å². The highest BCUT2D eigenvalue weighted by Crippen LogP contribution is 2.37. The first-order valence-corrected chi connectivity index (χ1v) is 10.5. The standard InChI is InChI=1S/C24H32FN3O/c1-6-13-27(14-9-12-25)24-19(7-2)26-28-20(10-8-11-21(24)28)23-18(4)15-17(3)16-22(23)29-5/h8,10-11,15-16H,6-7,9,12-14H2,1-5H3. The first kappa shape index (κ1) is 21.2. The number of hydrogen-bond acceptors (Lipinski definition) is 3. The zero-order valence-electron chi connectivity index (χ0n) is 18.3. The Labute approximate surface area is 173 Å². The number of benzene rings is 1. The third-order valence-electron chi connectivity index (χ3n) is 5.33. The van der Waals surface area contributed by atoms with E-state index in [1.165, 1.54) is 5.56 Å². The predicted octanol–water partition coefficient (Wildman–Crippen LogP) is 5.77. The molecule has 0 spiro atoms. The van der Waals surface area contributed by atoms with Gasteiger partial charge in [-0.05, 0) is 62.4 Å². The minimum absolute atomic E-state index is 0.300. The molecule has 0 amide bonds. The first-order valence-electron chi connectivity index (χ1n) is 10.5. The number of fused-ring (bicyclic) bond motifs is 1. The van der Waals surface area contributed by atoms with Gasteiger partial charge in [-0.25, -0.2) is 4.52 Å². The van der Waals surface area contributed by atoms with Crippen molar-refractivity contribution < 1.29 is 9.13 Å². The molecule has 2 heterocycles. The van der Waals surface area contributed by atoms with E-state index in [9.17, 15) is 4.39 Å². The van der Waals surface area contributed by atoms with Gasteiger partial charge in [-0.15, -0.1) is 0 Å². The van der Waals surface area contributed by atoms with Crippen LogP contribution in [0.3, 0.4) is 0 Å². The van der Waals surface area contributed by atoms with E-state index in [2.05, 4.69) is 62.9 Å². The normalized spacial score (nSPS) is 11.2. The number of rotatable bonds is 9. The minimum Gasteiger partial charge on any atom is -0.496 e. The molecule has 4 nitrogen and oxygen atoms in total. The van der Waals surface area contributed by atoms with Crippen molar-refractivity contribution in [3.63, 3.8) is 0 Å². The van der Waals surface area contributed by atoms with Crippen LogP contribution in [0.2, 0.25) is 0 Å². The number of hydrogen-bond donors (Lipinski definition) is 0. The van der Waals surface area contributed by atoms with Crippen molar-refractivity contribution in [3.8, 4) is 17.0 Å². The van der Waals surface area contributed by atoms with Crippen LogP contribution < -0.4 is 9.64 Å². The van der Waals surface area contributed by atoms with E-state index in [4.69, 9.17) is 9.84 Å². The molecule has 0 N–H and O–H groups in total. The van der Waals surface area contributed by atoms with Crippen molar-refractivity contribution in [3.05, 3.63) is 47.2 Å². The average Bonchev–Trinajstić information content (AvgIpc) is 3.09. The second-order valence-electron chi connectivity index (χ2n) is 7.55. The molecule has 1 aromatic carbocycles. The van der Waals surface area contributed by atoms with Gasteiger partial charge in [0.1, 0.15) is 5.75 Å². The van der Waals surface area contributed by atoms with Crippen LogP contribution >= 0.6 is 0 Å². The van der Waals surface area contributed by atoms with Gasteiger partial charge >= 0.3 is 0 Å². The summed E-state index contributed by atoms with van der Waals surface area (Å²) in [4.78, 5) is 2.30. The smallest absolute Gasteiger partial charge is 0.128 e. The number of alkyl halides is 1. The van der Waals surface area contributed by atoms with Crippen LogP contribution in [-0.2, 0) is 6.42 Å². The lowest BCUT2D eigenvalue weighted by molar-refractivity contribution is 0.415. The lowest BCUT2D eigenvalue weighted by Gasteiger charge is -2.24. The van der Waals surface area contributed by atoms with Crippen LogP contribution in [0, 0.1) is 13.8 Å². The summed E-state index contributed by atoms with van der Waals surface area (Å²) in [6, 6.07) is 10.5. The van der Waals surface area contributed by atoms with Gasteiger partial charge in [-0.1, -0.05) is 26.0 Å². The second-order valence-corrected chi connectivity index (χ2v) is 7.55. The largest absolute Gasteiger partial charge is 0.496 e. The Morgan fingerprint density at radius 1 is 1.14 bits per heavy atom. The molecule has 3 rings (SSSR count). The van der Waals surface area contributed by atoms with Gasteiger partial charge in [0.05, 0.1) is 36.4 Å². The quantitative estimate of drug-likeness (QED) is 0.459. The molecule has 0 aliphatic heterocycles. The van der Waals surface area contributed by atoms with Crippen molar-refractivity contribution in [2.45, 2.75) is 47.0 Å². The molecule has 0 saturated carbocycles. The van der Waals surface area contributed by atoms with Crippen LogP contribution in [-0.4, -0.2) is 36.5 Å². The number of ether oxygens (including phenoxy) is 1. The highest BCUT2D eigenvalue weighted by molar-refractivity contribution is 5.81. The number of aromatic nitrogens is 2. The molecular formula is C24H32FN3O. The zero-order valence-corrected chi connectivity index (χ0v) is 18.3. The van der Waals surface area contributed by atoms with E-state index >= 15 is 0 Å². The lowest BCUT2D eigenvalue weighted by Crippen LogP contribution is -2.26. The first-order chi connectivity index (χ1) is 14.0. The lowest BCUT2D eigenvalue weighted by atomic mass is 10.0. The third-order valence-corrected chi connectivity index (χ3v) is 5.33. The van der Waals surface area contributed by atoms with Crippen LogP contribution in [0.15, 0.2) is 30.3 Å². The maximum atomic E-state index is 12.9. The summed E-state index contributed by atoms with van der Waals surface area (Å²) in [6.45, 7) is 9.77. The van der Waals surface area contributed by atoms with Crippen molar-refractivity contribution in [1.82, 2.24) is 9.61 Å². The van der Waals surface area contributed by atoms with Crippen LogP contribution in [0.5, 0.6) is 5.75 Å². The SMILES string of the molecule is CCCN(CCCF)c1c(CC)nn2c(-c3c(C)cc(C)cc3OC)cccc12. The van der Waals surface area contributed by atoms with Gasteiger partial charge in [-0.3, -0.25) is 4.39 Å². The molecule has 0 fully saturated rings. The van der Waals surface area contributed by atoms with Crippen LogP contribution in [0.1, 0.15) is 43.5 Å². The molecule has 0 aliphatic carbocycles. The van der Waals surface area contributed by atoms with E-state index in [0.29, 0.717) is 13.0 Å². The molecule has 0 saturated heterocycles. The summed E-state index contributed by atoms with van der Waals surface area (Å²) >= 11 is 0. The van der Waals surface area contributed by atoms with Gasteiger partial charge in [0.2, 0.25) is 0 Å². The maximum Gasteiger partial charge on any atom is 0.128 e. The summed E-state index contributed by atoms with van der Waals surface area (Å²) in [7, 11) is 1.71. The fourth-order valence-electron chi connectivity index (χ4n) is 4.15. The number of nitrogens with zero attached hydrogens (tertiary/aromatic N) is 3. The average molecular weight is 398 g/mol. The molecule has 0 bridgehead atoms. The van der Waals surface area contributed by atoms with E-state index in [0.717, 1.165) is 58.9 Å². The monoisotopic (exact) mass is 397 g/mol. The van der Waals surface area contributed by atoms with Crippen molar-refractivity contribution >= 4 is 11.2 Å². The second kappa shape index (κ2) is 9.29.